The molecule has 0 N–H and O–H groups in total. The molecule has 55 heavy (non-hydrogen) atoms. The minimum Gasteiger partial charge on any atom is -0.456 e. The van der Waals surface area contributed by atoms with Gasteiger partial charge in [0.05, 0.1) is 0 Å². The minimum atomic E-state index is 0.907. The SMILES string of the molecule is c1ccc2c(c1)ccc1oc3ccc(-c4ccc(-c5ccc6ccc7cccc8ccc5c6c78)cc4-c4ccc5ccc6cccc7ccc4c5c67)cc3c12. The Labute approximate surface area is 315 Å². The van der Waals surface area contributed by atoms with Gasteiger partial charge in [0.2, 0.25) is 0 Å². The second-order valence-electron chi connectivity index (χ2n) is 15.2. The van der Waals surface area contributed by atoms with Crippen LogP contribution in [0.3, 0.4) is 0 Å². The summed E-state index contributed by atoms with van der Waals surface area (Å²) in [6.45, 7) is 0. The maximum absolute atomic E-state index is 6.46. The second-order valence-corrected chi connectivity index (χ2v) is 15.2. The van der Waals surface area contributed by atoms with Crippen molar-refractivity contribution in [3.8, 4) is 33.4 Å². The van der Waals surface area contributed by atoms with E-state index in [2.05, 4.69) is 182 Å². The van der Waals surface area contributed by atoms with E-state index in [0.29, 0.717) is 0 Å². The van der Waals surface area contributed by atoms with Gasteiger partial charge < -0.3 is 4.42 Å². The van der Waals surface area contributed by atoms with Crippen molar-refractivity contribution in [2.45, 2.75) is 0 Å². The lowest BCUT2D eigenvalue weighted by Crippen LogP contribution is -1.92. The molecule has 1 heteroatoms. The van der Waals surface area contributed by atoms with Crippen LogP contribution in [0.4, 0.5) is 0 Å². The molecule has 0 aliphatic carbocycles. The third-order valence-corrected chi connectivity index (χ3v) is 12.3. The Hall–Kier alpha value is -7.22. The quantitative estimate of drug-likeness (QED) is 0.168. The Morgan fingerprint density at radius 1 is 0.236 bits per heavy atom. The van der Waals surface area contributed by atoms with E-state index in [1.165, 1.54) is 114 Å². The van der Waals surface area contributed by atoms with Crippen LogP contribution in [0.15, 0.2) is 186 Å². The maximum Gasteiger partial charge on any atom is 0.136 e. The van der Waals surface area contributed by atoms with Crippen molar-refractivity contribution in [3.05, 3.63) is 182 Å². The monoisotopic (exact) mass is 694 g/mol. The summed E-state index contributed by atoms with van der Waals surface area (Å²) in [5, 5.41) is 20.3. The van der Waals surface area contributed by atoms with Crippen LogP contribution in [-0.4, -0.2) is 0 Å². The average Bonchev–Trinajstić information content (AvgIpc) is 3.63. The summed E-state index contributed by atoms with van der Waals surface area (Å²) in [5.41, 5.74) is 9.12. The van der Waals surface area contributed by atoms with Crippen molar-refractivity contribution in [2.24, 2.45) is 0 Å². The molecule has 13 rings (SSSR count). The third-order valence-electron chi connectivity index (χ3n) is 12.3. The van der Waals surface area contributed by atoms with E-state index in [1.807, 2.05) is 0 Å². The zero-order valence-corrected chi connectivity index (χ0v) is 29.7. The van der Waals surface area contributed by atoms with Gasteiger partial charge in [-0.1, -0.05) is 158 Å². The molecule has 1 nitrogen and oxygen atoms in total. The van der Waals surface area contributed by atoms with E-state index in [-0.39, 0.29) is 0 Å². The largest absolute Gasteiger partial charge is 0.456 e. The number of benzene rings is 12. The molecule has 0 unspecified atom stereocenters. The Morgan fingerprint density at radius 3 is 1.44 bits per heavy atom. The number of fused-ring (bicyclic) bond motifs is 5. The summed E-state index contributed by atoms with van der Waals surface area (Å²) < 4.78 is 6.46. The van der Waals surface area contributed by atoms with Gasteiger partial charge in [-0.2, -0.15) is 0 Å². The van der Waals surface area contributed by atoms with Crippen molar-refractivity contribution in [2.75, 3.05) is 0 Å². The predicted molar refractivity (Wildman–Crippen MR) is 235 cm³/mol. The van der Waals surface area contributed by atoms with Crippen LogP contribution in [0.5, 0.6) is 0 Å². The highest BCUT2D eigenvalue weighted by molar-refractivity contribution is 6.27. The van der Waals surface area contributed by atoms with E-state index in [9.17, 15) is 0 Å². The first-order valence-electron chi connectivity index (χ1n) is 19.1. The van der Waals surface area contributed by atoms with E-state index >= 15 is 0 Å². The first-order valence-corrected chi connectivity index (χ1v) is 19.1. The van der Waals surface area contributed by atoms with Crippen molar-refractivity contribution >= 4 is 97.3 Å². The lowest BCUT2D eigenvalue weighted by atomic mass is 9.84. The van der Waals surface area contributed by atoms with Crippen LogP contribution in [0.25, 0.3) is 131 Å². The van der Waals surface area contributed by atoms with Crippen LogP contribution < -0.4 is 0 Å². The van der Waals surface area contributed by atoms with Gasteiger partial charge in [-0.3, -0.25) is 0 Å². The third kappa shape index (κ3) is 4.02. The summed E-state index contributed by atoms with van der Waals surface area (Å²) in [6, 6.07) is 67.6. The number of rotatable bonds is 3. The molecule has 0 saturated heterocycles. The van der Waals surface area contributed by atoms with Crippen LogP contribution in [0, 0.1) is 0 Å². The van der Waals surface area contributed by atoms with Crippen LogP contribution in [0.2, 0.25) is 0 Å². The van der Waals surface area contributed by atoms with E-state index < -0.39 is 0 Å². The molecule has 12 aromatic carbocycles. The van der Waals surface area contributed by atoms with Gasteiger partial charge >= 0.3 is 0 Å². The zero-order valence-electron chi connectivity index (χ0n) is 29.7. The minimum absolute atomic E-state index is 0.907. The van der Waals surface area contributed by atoms with Crippen LogP contribution in [0.1, 0.15) is 0 Å². The first kappa shape index (κ1) is 29.3. The van der Waals surface area contributed by atoms with Gasteiger partial charge in [-0.15, -0.1) is 0 Å². The molecule has 0 spiro atoms. The topological polar surface area (TPSA) is 13.1 Å². The highest BCUT2D eigenvalue weighted by atomic mass is 16.3. The molecule has 0 aliphatic rings. The Morgan fingerprint density at radius 2 is 0.727 bits per heavy atom. The summed E-state index contributed by atoms with van der Waals surface area (Å²) in [7, 11) is 0. The molecule has 0 aliphatic heterocycles. The first-order chi connectivity index (χ1) is 27.2. The normalized spacial score (nSPS) is 12.4. The summed E-state index contributed by atoms with van der Waals surface area (Å²) >= 11 is 0. The predicted octanol–water partition coefficient (Wildman–Crippen LogP) is 15.5. The highest BCUT2D eigenvalue weighted by Gasteiger charge is 2.19. The van der Waals surface area contributed by atoms with Gasteiger partial charge in [0.1, 0.15) is 11.2 Å². The van der Waals surface area contributed by atoms with Crippen molar-refractivity contribution in [3.63, 3.8) is 0 Å². The number of hydrogen-bond acceptors (Lipinski definition) is 1. The Bertz CT molecular complexity index is 3680. The molecule has 0 bridgehead atoms. The standard InChI is InChI=1S/C54H30O/c1-2-10-42-31(5-1)20-28-49-54(42)47-30-39(21-27-48(47)55-49)41-23-19-38(40-22-15-36-13-11-32-6-3-8-34-17-25-44(40)52(36)50(32)34)29-46(41)43-24-16-37-14-12-33-7-4-9-35-18-26-45(43)53(37)51(33)35/h1-30H. The van der Waals surface area contributed by atoms with Gasteiger partial charge in [-0.05, 0) is 133 Å². The lowest BCUT2D eigenvalue weighted by Gasteiger charge is -2.19. The fraction of sp³-hybridized carbons (Fsp3) is 0. The van der Waals surface area contributed by atoms with Crippen molar-refractivity contribution in [1.82, 2.24) is 0 Å². The van der Waals surface area contributed by atoms with Crippen LogP contribution >= 0.6 is 0 Å². The Balaban J connectivity index is 1.12. The van der Waals surface area contributed by atoms with Crippen molar-refractivity contribution in [1.29, 1.82) is 0 Å². The molecule has 0 atom stereocenters. The fourth-order valence-corrected chi connectivity index (χ4v) is 9.86. The fourth-order valence-electron chi connectivity index (χ4n) is 9.86. The van der Waals surface area contributed by atoms with E-state index in [1.54, 1.807) is 0 Å². The van der Waals surface area contributed by atoms with Gasteiger partial charge in [-0.25, -0.2) is 0 Å². The maximum atomic E-state index is 6.46. The lowest BCUT2D eigenvalue weighted by molar-refractivity contribution is 0.669. The molecule has 1 aromatic heterocycles. The second kappa shape index (κ2) is 10.7. The molecule has 0 saturated carbocycles. The molecule has 13 aromatic rings. The zero-order chi connectivity index (χ0) is 35.8. The van der Waals surface area contributed by atoms with Crippen LogP contribution in [-0.2, 0) is 0 Å². The summed E-state index contributed by atoms with van der Waals surface area (Å²) in [6.07, 6.45) is 0. The van der Waals surface area contributed by atoms with E-state index in [0.717, 1.165) is 16.6 Å². The number of furan rings is 1. The molecular formula is C54H30O. The number of hydrogen-bond donors (Lipinski definition) is 0. The summed E-state index contributed by atoms with van der Waals surface area (Å²) in [5.74, 6) is 0. The van der Waals surface area contributed by atoms with Crippen molar-refractivity contribution < 1.29 is 4.42 Å². The molecule has 1 heterocycles. The molecular weight excluding hydrogens is 665 g/mol. The molecule has 0 radical (unpaired) electrons. The van der Waals surface area contributed by atoms with Gasteiger partial charge in [0.25, 0.3) is 0 Å². The Kier molecular flexibility index (Phi) is 5.69. The summed E-state index contributed by atoms with van der Waals surface area (Å²) in [4.78, 5) is 0. The molecule has 252 valence electrons. The highest BCUT2D eigenvalue weighted by Crippen LogP contribution is 2.46. The van der Waals surface area contributed by atoms with Gasteiger partial charge in [0, 0.05) is 10.8 Å². The molecule has 0 amide bonds. The van der Waals surface area contributed by atoms with Gasteiger partial charge in [0.15, 0.2) is 0 Å². The van der Waals surface area contributed by atoms with E-state index in [4.69, 9.17) is 4.42 Å². The smallest absolute Gasteiger partial charge is 0.136 e. The average molecular weight is 695 g/mol. The molecule has 0 fully saturated rings.